The molecule has 2 amide bonds. The van der Waals surface area contributed by atoms with Gasteiger partial charge in [-0.25, -0.2) is 4.79 Å². The number of terminal acetylenes is 1. The van der Waals surface area contributed by atoms with Crippen LogP contribution >= 0.6 is 0 Å². The zero-order valence-corrected chi connectivity index (χ0v) is 13.9. The van der Waals surface area contributed by atoms with Crippen LogP contribution in [0.5, 0.6) is 5.75 Å². The van der Waals surface area contributed by atoms with Gasteiger partial charge in [-0.2, -0.15) is 0 Å². The van der Waals surface area contributed by atoms with E-state index in [2.05, 4.69) is 16.6 Å². The number of hydrogen-bond donors (Lipinski definition) is 3. The molecule has 0 saturated carbocycles. The highest BCUT2D eigenvalue weighted by Gasteiger charge is 2.14. The van der Waals surface area contributed by atoms with Crippen molar-refractivity contribution in [3.8, 4) is 18.1 Å². The van der Waals surface area contributed by atoms with Crippen molar-refractivity contribution in [1.82, 2.24) is 5.32 Å². The summed E-state index contributed by atoms with van der Waals surface area (Å²) in [6.07, 6.45) is 6.42. The molecule has 1 atom stereocenters. The standard InChI is InChI=1S/C20H22N2O3/c1-2-15-25-18-12-10-17(11-13-18)21-20(24)22-19(9-6-14-23)16-7-4-3-5-8-16/h1,3-5,7-8,10-13,19,23H,6,9,14-15H2,(H2,21,22,24)/t19-/m0/s1. The molecule has 0 aliphatic carbocycles. The van der Waals surface area contributed by atoms with Crippen LogP contribution in [-0.2, 0) is 0 Å². The lowest BCUT2D eigenvalue weighted by molar-refractivity contribution is 0.244. The van der Waals surface area contributed by atoms with E-state index in [-0.39, 0.29) is 25.3 Å². The zero-order valence-electron chi connectivity index (χ0n) is 13.9. The number of urea groups is 1. The van der Waals surface area contributed by atoms with Crippen LogP contribution in [0.2, 0.25) is 0 Å². The van der Waals surface area contributed by atoms with Crippen molar-refractivity contribution >= 4 is 11.7 Å². The predicted molar refractivity (Wildman–Crippen MR) is 98.4 cm³/mol. The van der Waals surface area contributed by atoms with E-state index in [1.54, 1.807) is 24.3 Å². The van der Waals surface area contributed by atoms with Gasteiger partial charge < -0.3 is 20.5 Å². The number of carbonyl (C=O) groups is 1. The molecule has 2 rings (SSSR count). The second-order valence-corrected chi connectivity index (χ2v) is 5.44. The minimum atomic E-state index is -0.302. The molecule has 0 bridgehead atoms. The number of benzene rings is 2. The molecule has 130 valence electrons. The highest BCUT2D eigenvalue weighted by molar-refractivity contribution is 5.89. The van der Waals surface area contributed by atoms with E-state index < -0.39 is 0 Å². The first-order valence-corrected chi connectivity index (χ1v) is 8.12. The molecule has 0 unspecified atom stereocenters. The molecule has 0 radical (unpaired) electrons. The normalized spacial score (nSPS) is 11.2. The molecule has 0 aliphatic heterocycles. The van der Waals surface area contributed by atoms with Crippen LogP contribution < -0.4 is 15.4 Å². The van der Waals surface area contributed by atoms with Gasteiger partial charge in [0.15, 0.2) is 0 Å². The minimum Gasteiger partial charge on any atom is -0.481 e. The Kier molecular flexibility index (Phi) is 7.36. The number of aliphatic hydroxyl groups excluding tert-OH is 1. The monoisotopic (exact) mass is 338 g/mol. The largest absolute Gasteiger partial charge is 0.481 e. The number of amides is 2. The average molecular weight is 338 g/mol. The van der Waals surface area contributed by atoms with Crippen LogP contribution in [0.4, 0.5) is 10.5 Å². The van der Waals surface area contributed by atoms with Crippen molar-refractivity contribution in [3.05, 3.63) is 60.2 Å². The third-order valence-electron chi connectivity index (χ3n) is 3.59. The zero-order chi connectivity index (χ0) is 17.9. The summed E-state index contributed by atoms with van der Waals surface area (Å²) in [5.74, 6) is 3.04. The number of nitrogens with one attached hydrogen (secondary N) is 2. The Bertz CT molecular complexity index is 693. The van der Waals surface area contributed by atoms with Crippen LogP contribution in [0.15, 0.2) is 54.6 Å². The number of hydrogen-bond acceptors (Lipinski definition) is 3. The Morgan fingerprint density at radius 1 is 1.16 bits per heavy atom. The van der Waals surface area contributed by atoms with Gasteiger partial charge in [-0.15, -0.1) is 6.42 Å². The quantitative estimate of drug-likeness (QED) is 0.647. The summed E-state index contributed by atoms with van der Waals surface area (Å²) in [6.45, 7) is 0.294. The fraction of sp³-hybridized carbons (Fsp3) is 0.250. The topological polar surface area (TPSA) is 70.6 Å². The summed E-state index contributed by atoms with van der Waals surface area (Å²) >= 11 is 0. The second-order valence-electron chi connectivity index (χ2n) is 5.44. The molecule has 0 aliphatic rings. The molecule has 2 aromatic rings. The molecule has 3 N–H and O–H groups in total. The SMILES string of the molecule is C#CCOc1ccc(NC(=O)N[C@@H](CCCO)c2ccccc2)cc1. The molecule has 5 heteroatoms. The van der Waals surface area contributed by atoms with Crippen LogP contribution in [-0.4, -0.2) is 24.4 Å². The highest BCUT2D eigenvalue weighted by atomic mass is 16.5. The Balaban J connectivity index is 1.95. The van der Waals surface area contributed by atoms with Crippen molar-refractivity contribution in [3.63, 3.8) is 0 Å². The van der Waals surface area contributed by atoms with E-state index in [0.29, 0.717) is 24.3 Å². The average Bonchev–Trinajstić information content (AvgIpc) is 2.65. The van der Waals surface area contributed by atoms with E-state index >= 15 is 0 Å². The van der Waals surface area contributed by atoms with Crippen molar-refractivity contribution in [1.29, 1.82) is 0 Å². The lowest BCUT2D eigenvalue weighted by Gasteiger charge is -2.19. The van der Waals surface area contributed by atoms with Gasteiger partial charge in [-0.3, -0.25) is 0 Å². The predicted octanol–water partition coefficient (Wildman–Crippen LogP) is 3.33. The van der Waals surface area contributed by atoms with Gasteiger partial charge in [0.25, 0.3) is 0 Å². The maximum absolute atomic E-state index is 12.3. The number of rotatable bonds is 8. The maximum atomic E-state index is 12.3. The smallest absolute Gasteiger partial charge is 0.319 e. The summed E-state index contributed by atoms with van der Waals surface area (Å²) < 4.78 is 5.29. The van der Waals surface area contributed by atoms with E-state index in [0.717, 1.165) is 5.56 Å². The minimum absolute atomic E-state index is 0.0890. The molecule has 0 heterocycles. The molecular weight excluding hydrogens is 316 g/mol. The first-order chi connectivity index (χ1) is 12.2. The van der Waals surface area contributed by atoms with Crippen LogP contribution in [0.1, 0.15) is 24.4 Å². The van der Waals surface area contributed by atoms with Crippen molar-refractivity contribution in [2.75, 3.05) is 18.5 Å². The summed E-state index contributed by atoms with van der Waals surface area (Å²) in [6, 6.07) is 16.2. The van der Waals surface area contributed by atoms with Crippen molar-refractivity contribution < 1.29 is 14.6 Å². The number of anilines is 1. The van der Waals surface area contributed by atoms with Gasteiger partial charge in [0.2, 0.25) is 0 Å². The lowest BCUT2D eigenvalue weighted by atomic mass is 10.0. The molecule has 5 nitrogen and oxygen atoms in total. The van der Waals surface area contributed by atoms with E-state index in [1.807, 2.05) is 30.3 Å². The Hall–Kier alpha value is -2.97. The molecule has 0 spiro atoms. The van der Waals surface area contributed by atoms with E-state index in [9.17, 15) is 4.79 Å². The number of aliphatic hydroxyl groups is 1. The molecular formula is C20H22N2O3. The molecule has 0 aromatic heterocycles. The molecule has 2 aromatic carbocycles. The third kappa shape index (κ3) is 6.21. The number of carbonyl (C=O) groups excluding carboxylic acids is 1. The van der Waals surface area contributed by atoms with Gasteiger partial charge in [0, 0.05) is 12.3 Å². The Morgan fingerprint density at radius 2 is 1.88 bits per heavy atom. The lowest BCUT2D eigenvalue weighted by Crippen LogP contribution is -2.32. The molecule has 25 heavy (non-hydrogen) atoms. The van der Waals surface area contributed by atoms with Crippen LogP contribution in [0.25, 0.3) is 0 Å². The highest BCUT2D eigenvalue weighted by Crippen LogP contribution is 2.19. The van der Waals surface area contributed by atoms with Crippen molar-refractivity contribution in [2.24, 2.45) is 0 Å². The Morgan fingerprint density at radius 3 is 2.52 bits per heavy atom. The second kappa shape index (κ2) is 10.0. The van der Waals surface area contributed by atoms with E-state index in [1.165, 1.54) is 0 Å². The van der Waals surface area contributed by atoms with Gasteiger partial charge in [-0.1, -0.05) is 36.3 Å². The van der Waals surface area contributed by atoms with Gasteiger partial charge in [0.05, 0.1) is 6.04 Å². The molecule has 0 saturated heterocycles. The van der Waals surface area contributed by atoms with Crippen LogP contribution in [0.3, 0.4) is 0 Å². The maximum Gasteiger partial charge on any atom is 0.319 e. The fourth-order valence-corrected chi connectivity index (χ4v) is 2.39. The summed E-state index contributed by atoms with van der Waals surface area (Å²) in [5.41, 5.74) is 1.66. The Labute approximate surface area is 148 Å². The number of ether oxygens (including phenoxy) is 1. The van der Waals surface area contributed by atoms with E-state index in [4.69, 9.17) is 16.3 Å². The first kappa shape index (κ1) is 18.4. The summed E-state index contributed by atoms with van der Waals surface area (Å²) in [5, 5.41) is 14.8. The van der Waals surface area contributed by atoms with Gasteiger partial charge in [-0.05, 0) is 42.7 Å². The third-order valence-corrected chi connectivity index (χ3v) is 3.59. The van der Waals surface area contributed by atoms with Gasteiger partial charge >= 0.3 is 6.03 Å². The van der Waals surface area contributed by atoms with Crippen LogP contribution in [0, 0.1) is 12.3 Å². The first-order valence-electron chi connectivity index (χ1n) is 8.12. The summed E-state index contributed by atoms with van der Waals surface area (Å²) in [4.78, 5) is 12.3. The molecule has 0 fully saturated rings. The fourth-order valence-electron chi connectivity index (χ4n) is 2.39. The van der Waals surface area contributed by atoms with Crippen molar-refractivity contribution in [2.45, 2.75) is 18.9 Å². The van der Waals surface area contributed by atoms with Gasteiger partial charge in [0.1, 0.15) is 12.4 Å². The summed E-state index contributed by atoms with van der Waals surface area (Å²) in [7, 11) is 0.